The third-order valence-electron chi connectivity index (χ3n) is 1.91. The molecule has 3 N–H and O–H groups in total. The van der Waals surface area contributed by atoms with Gasteiger partial charge in [0, 0.05) is 21.7 Å². The van der Waals surface area contributed by atoms with Crippen molar-refractivity contribution in [1.29, 1.82) is 0 Å². The molecule has 15 heavy (non-hydrogen) atoms. The Morgan fingerprint density at radius 1 is 1.67 bits per heavy atom. The highest BCUT2D eigenvalue weighted by Gasteiger charge is 2.09. The Kier molecular flexibility index (Phi) is 4.82. The lowest BCUT2D eigenvalue weighted by atomic mass is 10.2. The molecule has 0 aliphatic carbocycles. The van der Waals surface area contributed by atoms with Crippen LogP contribution in [0.2, 0.25) is 5.02 Å². The Labute approximate surface area is 108 Å². The minimum atomic E-state index is -0.123. The van der Waals surface area contributed by atoms with E-state index in [0.29, 0.717) is 17.1 Å². The Balaban J connectivity index is 2.78. The van der Waals surface area contributed by atoms with Crippen molar-refractivity contribution in [2.24, 2.45) is 5.73 Å². The van der Waals surface area contributed by atoms with E-state index in [1.807, 2.05) is 6.92 Å². The molecule has 0 saturated heterocycles. The SMILES string of the molecule is C[C@H](CN)NC(=O)c1ccc(Cl)c(I)c1. The van der Waals surface area contributed by atoms with Crippen LogP contribution in [-0.4, -0.2) is 18.5 Å². The first-order valence-electron chi connectivity index (χ1n) is 4.50. The molecular weight excluding hydrogens is 326 g/mol. The zero-order valence-electron chi connectivity index (χ0n) is 8.26. The van der Waals surface area contributed by atoms with Gasteiger partial charge in [-0.15, -0.1) is 0 Å². The first-order valence-corrected chi connectivity index (χ1v) is 5.96. The first-order chi connectivity index (χ1) is 7.04. The first kappa shape index (κ1) is 12.7. The summed E-state index contributed by atoms with van der Waals surface area (Å²) in [6.45, 7) is 2.29. The van der Waals surface area contributed by atoms with Crippen molar-refractivity contribution >= 4 is 40.1 Å². The molecular formula is C10H12ClIN2O. The molecule has 0 heterocycles. The average Bonchev–Trinajstić information content (AvgIpc) is 2.21. The van der Waals surface area contributed by atoms with E-state index in [0.717, 1.165) is 3.57 Å². The summed E-state index contributed by atoms with van der Waals surface area (Å²) in [7, 11) is 0. The quantitative estimate of drug-likeness (QED) is 0.829. The number of hydrogen-bond donors (Lipinski definition) is 2. The highest BCUT2D eigenvalue weighted by atomic mass is 127. The number of benzene rings is 1. The molecule has 82 valence electrons. The predicted molar refractivity (Wildman–Crippen MR) is 70.2 cm³/mol. The van der Waals surface area contributed by atoms with Crippen molar-refractivity contribution in [2.75, 3.05) is 6.54 Å². The zero-order valence-corrected chi connectivity index (χ0v) is 11.2. The van der Waals surface area contributed by atoms with Crippen LogP contribution in [0.5, 0.6) is 0 Å². The Bertz CT molecular complexity index is 370. The number of hydrogen-bond acceptors (Lipinski definition) is 2. The van der Waals surface area contributed by atoms with Crippen molar-refractivity contribution in [3.05, 3.63) is 32.4 Å². The highest BCUT2D eigenvalue weighted by Crippen LogP contribution is 2.19. The monoisotopic (exact) mass is 338 g/mol. The van der Waals surface area contributed by atoms with E-state index in [1.54, 1.807) is 18.2 Å². The Hall–Kier alpha value is -0.330. The summed E-state index contributed by atoms with van der Waals surface area (Å²) >= 11 is 7.95. The van der Waals surface area contributed by atoms with Crippen LogP contribution in [0.15, 0.2) is 18.2 Å². The van der Waals surface area contributed by atoms with Crippen LogP contribution in [0.1, 0.15) is 17.3 Å². The number of rotatable bonds is 3. The predicted octanol–water partition coefficient (Wildman–Crippen LogP) is 2.02. The molecule has 0 saturated carbocycles. The summed E-state index contributed by atoms with van der Waals surface area (Å²) in [6.07, 6.45) is 0. The van der Waals surface area contributed by atoms with Crippen molar-refractivity contribution in [3.63, 3.8) is 0 Å². The molecule has 1 rings (SSSR count). The molecule has 1 aromatic rings. The molecule has 0 aliphatic rings. The molecule has 1 amide bonds. The molecule has 1 atom stereocenters. The summed E-state index contributed by atoms with van der Waals surface area (Å²) < 4.78 is 0.863. The summed E-state index contributed by atoms with van der Waals surface area (Å²) in [5.41, 5.74) is 6.02. The minimum Gasteiger partial charge on any atom is -0.348 e. The van der Waals surface area contributed by atoms with Gasteiger partial charge in [-0.3, -0.25) is 4.79 Å². The van der Waals surface area contributed by atoms with Gasteiger partial charge in [-0.05, 0) is 47.7 Å². The Morgan fingerprint density at radius 3 is 2.87 bits per heavy atom. The van der Waals surface area contributed by atoms with Crippen molar-refractivity contribution in [2.45, 2.75) is 13.0 Å². The van der Waals surface area contributed by atoms with E-state index in [4.69, 9.17) is 17.3 Å². The van der Waals surface area contributed by atoms with Gasteiger partial charge in [0.05, 0.1) is 5.02 Å². The van der Waals surface area contributed by atoms with E-state index in [-0.39, 0.29) is 11.9 Å². The third-order valence-corrected chi connectivity index (χ3v) is 3.45. The van der Waals surface area contributed by atoms with Gasteiger partial charge in [-0.25, -0.2) is 0 Å². The van der Waals surface area contributed by atoms with Crippen molar-refractivity contribution in [3.8, 4) is 0 Å². The van der Waals surface area contributed by atoms with Gasteiger partial charge in [0.25, 0.3) is 5.91 Å². The maximum Gasteiger partial charge on any atom is 0.251 e. The van der Waals surface area contributed by atoms with Gasteiger partial charge in [-0.2, -0.15) is 0 Å². The van der Waals surface area contributed by atoms with Crippen LogP contribution < -0.4 is 11.1 Å². The second-order valence-corrected chi connectivity index (χ2v) is 4.81. The maximum atomic E-state index is 11.7. The van der Waals surface area contributed by atoms with Gasteiger partial charge in [0.2, 0.25) is 0 Å². The van der Waals surface area contributed by atoms with Gasteiger partial charge in [-0.1, -0.05) is 11.6 Å². The fourth-order valence-electron chi connectivity index (χ4n) is 1.00. The van der Waals surface area contributed by atoms with Crippen LogP contribution in [0.4, 0.5) is 0 Å². The summed E-state index contributed by atoms with van der Waals surface area (Å²) in [5.74, 6) is -0.123. The molecule has 0 fully saturated rings. The zero-order chi connectivity index (χ0) is 11.4. The molecule has 1 aromatic carbocycles. The Morgan fingerprint density at radius 2 is 2.33 bits per heavy atom. The van der Waals surface area contributed by atoms with E-state index >= 15 is 0 Å². The van der Waals surface area contributed by atoms with E-state index in [1.165, 1.54) is 0 Å². The van der Waals surface area contributed by atoms with Crippen molar-refractivity contribution < 1.29 is 4.79 Å². The lowest BCUT2D eigenvalue weighted by molar-refractivity contribution is 0.0941. The molecule has 0 radical (unpaired) electrons. The topological polar surface area (TPSA) is 55.1 Å². The third kappa shape index (κ3) is 3.62. The number of carbonyl (C=O) groups excluding carboxylic acids is 1. The van der Waals surface area contributed by atoms with Crippen LogP contribution in [0.25, 0.3) is 0 Å². The second kappa shape index (κ2) is 5.67. The normalized spacial score (nSPS) is 12.3. The molecule has 0 spiro atoms. The van der Waals surface area contributed by atoms with Gasteiger partial charge in [0.1, 0.15) is 0 Å². The largest absolute Gasteiger partial charge is 0.348 e. The van der Waals surface area contributed by atoms with Crippen molar-refractivity contribution in [1.82, 2.24) is 5.32 Å². The van der Waals surface area contributed by atoms with Crippen LogP contribution in [0.3, 0.4) is 0 Å². The summed E-state index contributed by atoms with van der Waals surface area (Å²) in [5, 5.41) is 3.43. The number of nitrogens with two attached hydrogens (primary N) is 1. The number of halogens is 2. The standard InChI is InChI=1S/C10H12ClIN2O/c1-6(5-13)14-10(15)7-2-3-8(11)9(12)4-7/h2-4,6H,5,13H2,1H3,(H,14,15)/t6-/m1/s1. The summed E-state index contributed by atoms with van der Waals surface area (Å²) in [6, 6.07) is 5.14. The van der Waals surface area contributed by atoms with E-state index < -0.39 is 0 Å². The smallest absolute Gasteiger partial charge is 0.251 e. The highest BCUT2D eigenvalue weighted by molar-refractivity contribution is 14.1. The molecule has 0 unspecified atom stereocenters. The van der Waals surface area contributed by atoms with Gasteiger partial charge < -0.3 is 11.1 Å². The van der Waals surface area contributed by atoms with Crippen LogP contribution in [0, 0.1) is 3.57 Å². The number of amides is 1. The molecule has 0 bridgehead atoms. The fraction of sp³-hybridized carbons (Fsp3) is 0.300. The minimum absolute atomic E-state index is 0.0224. The summed E-state index contributed by atoms with van der Waals surface area (Å²) in [4.78, 5) is 11.7. The second-order valence-electron chi connectivity index (χ2n) is 3.24. The molecule has 0 aliphatic heterocycles. The molecule has 0 aromatic heterocycles. The van der Waals surface area contributed by atoms with E-state index in [9.17, 15) is 4.79 Å². The van der Waals surface area contributed by atoms with Gasteiger partial charge >= 0.3 is 0 Å². The average molecular weight is 339 g/mol. The lowest BCUT2D eigenvalue weighted by Crippen LogP contribution is -2.37. The maximum absolute atomic E-state index is 11.7. The molecule has 5 heteroatoms. The number of carbonyl (C=O) groups is 1. The molecule has 3 nitrogen and oxygen atoms in total. The lowest BCUT2D eigenvalue weighted by Gasteiger charge is -2.11. The van der Waals surface area contributed by atoms with Crippen LogP contribution in [-0.2, 0) is 0 Å². The van der Waals surface area contributed by atoms with Crippen LogP contribution >= 0.6 is 34.2 Å². The van der Waals surface area contributed by atoms with Gasteiger partial charge in [0.15, 0.2) is 0 Å². The fourth-order valence-corrected chi connectivity index (χ4v) is 1.64. The van der Waals surface area contributed by atoms with E-state index in [2.05, 4.69) is 27.9 Å². The number of nitrogens with one attached hydrogen (secondary N) is 1.